The van der Waals surface area contributed by atoms with E-state index in [9.17, 15) is 13.9 Å². The summed E-state index contributed by atoms with van der Waals surface area (Å²) < 4.78 is 38.3. The van der Waals surface area contributed by atoms with E-state index < -0.39 is 5.82 Å². The smallest absolute Gasteiger partial charge is 0.131 e. The van der Waals surface area contributed by atoms with Crippen LogP contribution in [-0.2, 0) is 0 Å². The van der Waals surface area contributed by atoms with E-state index in [1.54, 1.807) is 18.2 Å². The molecule has 3 aromatic rings. The Balaban J connectivity index is 1.46. The van der Waals surface area contributed by atoms with Gasteiger partial charge in [-0.25, -0.2) is 4.39 Å². The highest BCUT2D eigenvalue weighted by atomic mass is 35.5. The lowest BCUT2D eigenvalue weighted by Gasteiger charge is -2.26. The minimum Gasteiger partial charge on any atom is -0.508 e. The maximum absolute atomic E-state index is 13.7. The van der Waals surface area contributed by atoms with Gasteiger partial charge in [0.05, 0.1) is 11.7 Å². The molecular formula is C28H26ClF2NO3. The van der Waals surface area contributed by atoms with Crippen LogP contribution in [-0.4, -0.2) is 49.0 Å². The van der Waals surface area contributed by atoms with Gasteiger partial charge in [0.25, 0.3) is 0 Å². The molecule has 0 radical (unpaired) electrons. The molecule has 2 heterocycles. The van der Waals surface area contributed by atoms with Crippen LogP contribution in [0.15, 0.2) is 60.7 Å². The number of hydrogen-bond donors (Lipinski definition) is 1. The van der Waals surface area contributed by atoms with E-state index >= 15 is 0 Å². The van der Waals surface area contributed by atoms with Crippen LogP contribution < -0.4 is 9.47 Å². The van der Waals surface area contributed by atoms with E-state index in [1.165, 1.54) is 12.1 Å². The van der Waals surface area contributed by atoms with Crippen LogP contribution in [0.25, 0.3) is 11.1 Å². The van der Waals surface area contributed by atoms with Gasteiger partial charge in [0.1, 0.15) is 35.8 Å². The molecule has 7 heteroatoms. The van der Waals surface area contributed by atoms with E-state index in [2.05, 4.69) is 4.90 Å². The van der Waals surface area contributed by atoms with Gasteiger partial charge in [-0.3, -0.25) is 9.29 Å². The fraction of sp³-hybridized carbons (Fsp3) is 0.286. The van der Waals surface area contributed by atoms with Gasteiger partial charge in [0, 0.05) is 42.4 Å². The Morgan fingerprint density at radius 2 is 1.86 bits per heavy atom. The monoisotopic (exact) mass is 497 g/mol. The molecule has 0 amide bonds. The fourth-order valence-electron chi connectivity index (χ4n) is 4.77. The first-order valence-electron chi connectivity index (χ1n) is 11.7. The van der Waals surface area contributed by atoms with Crippen molar-refractivity contribution in [2.45, 2.75) is 18.9 Å². The quantitative estimate of drug-likeness (QED) is 0.413. The van der Waals surface area contributed by atoms with Crippen molar-refractivity contribution in [1.29, 1.82) is 0 Å². The summed E-state index contributed by atoms with van der Waals surface area (Å²) in [5.74, 6) is 1.06. The number of hydrogen-bond acceptors (Lipinski definition) is 4. The third kappa shape index (κ3) is 5.14. The molecule has 0 aromatic heterocycles. The topological polar surface area (TPSA) is 41.9 Å². The predicted octanol–water partition coefficient (Wildman–Crippen LogP) is 6.35. The molecule has 0 spiro atoms. The normalized spacial score (nSPS) is 17.9. The zero-order valence-corrected chi connectivity index (χ0v) is 19.9. The number of rotatable bonds is 7. The van der Waals surface area contributed by atoms with Crippen LogP contribution in [0.4, 0.5) is 8.78 Å². The molecule has 4 nitrogen and oxygen atoms in total. The van der Waals surface area contributed by atoms with Crippen molar-refractivity contribution >= 4 is 22.7 Å². The van der Waals surface area contributed by atoms with Crippen molar-refractivity contribution in [2.75, 3.05) is 32.9 Å². The van der Waals surface area contributed by atoms with Gasteiger partial charge < -0.3 is 14.6 Å². The highest BCUT2D eigenvalue weighted by molar-refractivity contribution is 6.32. The number of halogens is 3. The SMILES string of the molecule is Oc1ccc2c(c1)OCC(c1ccc(F)cc1Cl)=C2c1ccc(O[C@H]2CCN(CCCF)C2)cc1. The fourth-order valence-corrected chi connectivity index (χ4v) is 5.05. The Hall–Kier alpha value is -3.09. The molecule has 182 valence electrons. The molecule has 1 atom stereocenters. The Morgan fingerprint density at radius 3 is 2.63 bits per heavy atom. The number of likely N-dealkylation sites (tertiary alicyclic amines) is 1. The van der Waals surface area contributed by atoms with Crippen LogP contribution in [0, 0.1) is 5.82 Å². The van der Waals surface area contributed by atoms with Gasteiger partial charge in [-0.2, -0.15) is 0 Å². The summed E-state index contributed by atoms with van der Waals surface area (Å²) >= 11 is 6.42. The summed E-state index contributed by atoms with van der Waals surface area (Å²) in [6.07, 6.45) is 1.56. The maximum atomic E-state index is 13.7. The van der Waals surface area contributed by atoms with Crippen molar-refractivity contribution in [2.24, 2.45) is 0 Å². The predicted molar refractivity (Wildman–Crippen MR) is 133 cm³/mol. The van der Waals surface area contributed by atoms with Crippen LogP contribution >= 0.6 is 11.6 Å². The molecule has 0 unspecified atom stereocenters. The van der Waals surface area contributed by atoms with Crippen molar-refractivity contribution in [1.82, 2.24) is 4.90 Å². The maximum Gasteiger partial charge on any atom is 0.131 e. The zero-order valence-electron chi connectivity index (χ0n) is 19.1. The lowest BCUT2D eigenvalue weighted by Crippen LogP contribution is -2.26. The highest BCUT2D eigenvalue weighted by Crippen LogP contribution is 2.44. The summed E-state index contributed by atoms with van der Waals surface area (Å²) in [7, 11) is 0. The Labute approximate surface area is 208 Å². The molecule has 35 heavy (non-hydrogen) atoms. The van der Waals surface area contributed by atoms with Crippen molar-refractivity contribution < 1.29 is 23.4 Å². The third-order valence-electron chi connectivity index (χ3n) is 6.45. The number of alkyl halides is 1. The zero-order chi connectivity index (χ0) is 24.4. The second kappa shape index (κ2) is 10.3. The van der Waals surface area contributed by atoms with Gasteiger partial charge in [-0.05, 0) is 60.4 Å². The number of phenolic OH excluding ortho intramolecular Hbond substituents is 1. The lowest BCUT2D eigenvalue weighted by atomic mass is 9.87. The first kappa shape index (κ1) is 23.6. The molecule has 0 saturated carbocycles. The molecule has 1 saturated heterocycles. The molecule has 2 aliphatic rings. The molecule has 3 aromatic carbocycles. The Kier molecular flexibility index (Phi) is 6.93. The first-order chi connectivity index (χ1) is 17.0. The van der Waals surface area contributed by atoms with Crippen molar-refractivity contribution in [3.63, 3.8) is 0 Å². The number of fused-ring (bicyclic) bond motifs is 1. The van der Waals surface area contributed by atoms with E-state index in [4.69, 9.17) is 21.1 Å². The summed E-state index contributed by atoms with van der Waals surface area (Å²) in [5.41, 5.74) is 4.18. The molecular weight excluding hydrogens is 472 g/mol. The Morgan fingerprint density at radius 1 is 1.06 bits per heavy atom. The van der Waals surface area contributed by atoms with Gasteiger partial charge in [0.15, 0.2) is 0 Å². The number of benzene rings is 3. The average molecular weight is 498 g/mol. The second-order valence-corrected chi connectivity index (χ2v) is 9.25. The largest absolute Gasteiger partial charge is 0.508 e. The van der Waals surface area contributed by atoms with Crippen LogP contribution in [0.2, 0.25) is 5.02 Å². The van der Waals surface area contributed by atoms with Crippen LogP contribution in [0.3, 0.4) is 0 Å². The van der Waals surface area contributed by atoms with Gasteiger partial charge >= 0.3 is 0 Å². The van der Waals surface area contributed by atoms with Crippen molar-refractivity contribution in [3.05, 3.63) is 88.2 Å². The molecule has 1 N–H and O–H groups in total. The van der Waals surface area contributed by atoms with Crippen molar-refractivity contribution in [3.8, 4) is 17.2 Å². The summed E-state index contributed by atoms with van der Waals surface area (Å²) in [5, 5.41) is 10.3. The minimum absolute atomic E-state index is 0.0834. The molecule has 5 rings (SSSR count). The number of ether oxygens (including phenoxy) is 2. The number of nitrogens with zero attached hydrogens (tertiary/aromatic N) is 1. The summed E-state index contributed by atoms with van der Waals surface area (Å²) in [6, 6.07) is 17.2. The van der Waals surface area contributed by atoms with Gasteiger partial charge in [-0.1, -0.05) is 29.8 Å². The molecule has 0 bridgehead atoms. The molecule has 0 aliphatic carbocycles. The van der Waals surface area contributed by atoms with E-state index in [1.807, 2.05) is 30.3 Å². The average Bonchev–Trinajstić information content (AvgIpc) is 3.30. The first-order valence-corrected chi connectivity index (χ1v) is 12.1. The molecule has 2 aliphatic heterocycles. The molecule has 1 fully saturated rings. The summed E-state index contributed by atoms with van der Waals surface area (Å²) in [4.78, 5) is 2.23. The van der Waals surface area contributed by atoms with Gasteiger partial charge in [-0.15, -0.1) is 0 Å². The summed E-state index contributed by atoms with van der Waals surface area (Å²) in [6.45, 7) is 2.41. The number of phenols is 1. The van der Waals surface area contributed by atoms with Crippen LogP contribution in [0.5, 0.6) is 17.2 Å². The second-order valence-electron chi connectivity index (χ2n) is 8.84. The van der Waals surface area contributed by atoms with E-state index in [-0.39, 0.29) is 25.1 Å². The number of aromatic hydroxyl groups is 1. The Bertz CT molecular complexity index is 1250. The van der Waals surface area contributed by atoms with E-state index in [0.29, 0.717) is 22.8 Å². The van der Waals surface area contributed by atoms with Crippen LogP contribution in [0.1, 0.15) is 29.5 Å². The third-order valence-corrected chi connectivity index (χ3v) is 6.76. The highest BCUT2D eigenvalue weighted by Gasteiger charge is 2.26. The minimum atomic E-state index is -0.403. The van der Waals surface area contributed by atoms with Gasteiger partial charge in [0.2, 0.25) is 0 Å². The van der Waals surface area contributed by atoms with E-state index in [0.717, 1.165) is 54.1 Å². The lowest BCUT2D eigenvalue weighted by molar-refractivity contribution is 0.198. The standard InChI is InChI=1S/C28H26ClF2NO3/c29-26-14-19(31)4-8-23(26)25-17-34-27-15-20(33)5-9-24(27)28(25)18-2-6-21(7-3-18)35-22-10-13-32(16-22)12-1-11-30/h2-9,14-15,22,33H,1,10-13,16-17H2/t22-/m0/s1.